The lowest BCUT2D eigenvalue weighted by Crippen LogP contribution is -2.36. The molecule has 3 rings (SSSR count). The Hall–Kier alpha value is -1.64. The summed E-state index contributed by atoms with van der Waals surface area (Å²) in [5, 5.41) is 6.28. The van der Waals surface area contributed by atoms with Crippen LogP contribution in [0.1, 0.15) is 6.17 Å². The van der Waals surface area contributed by atoms with E-state index in [1.165, 1.54) is 0 Å². The summed E-state index contributed by atoms with van der Waals surface area (Å²) in [5.74, 6) is -0.190. The number of imidazole rings is 1. The molecule has 0 spiro atoms. The maximum absolute atomic E-state index is 12.3. The number of fused-ring (bicyclic) bond motifs is 1. The first-order valence-corrected chi connectivity index (χ1v) is 10.7. The van der Waals surface area contributed by atoms with Gasteiger partial charge in [-0.2, -0.15) is 0 Å². The largest absolute Gasteiger partial charge is 0.334 e. The zero-order valence-corrected chi connectivity index (χ0v) is 18.5. The van der Waals surface area contributed by atoms with Gasteiger partial charge in [0.15, 0.2) is 11.3 Å². The molecule has 0 aliphatic carbocycles. The second-order valence-corrected chi connectivity index (χ2v) is 9.57. The third-order valence-corrected chi connectivity index (χ3v) is 5.64. The zero-order chi connectivity index (χ0) is 21.0. The molecule has 2 N–H and O–H groups in total. The van der Waals surface area contributed by atoms with E-state index in [9.17, 15) is 9.59 Å². The van der Waals surface area contributed by atoms with Gasteiger partial charge in [-0.25, -0.2) is 4.98 Å². The van der Waals surface area contributed by atoms with E-state index in [1.807, 2.05) is 6.07 Å². The Kier molecular flexibility index (Phi) is 7.19. The normalized spacial score (nSPS) is 12.6. The van der Waals surface area contributed by atoms with Crippen molar-refractivity contribution < 1.29 is 9.59 Å². The number of aromatic nitrogens is 2. The molecule has 6 nitrogen and oxygen atoms in total. The maximum Gasteiger partial charge on any atom is 0.234 e. The minimum Gasteiger partial charge on any atom is -0.334 e. The van der Waals surface area contributed by atoms with Crippen molar-refractivity contribution in [3.05, 3.63) is 53.6 Å². The van der Waals surface area contributed by atoms with Crippen LogP contribution in [0.4, 0.5) is 5.69 Å². The lowest BCUT2D eigenvalue weighted by Gasteiger charge is -2.27. The molecule has 2 aromatic carbocycles. The van der Waals surface area contributed by atoms with Crippen LogP contribution in [0.15, 0.2) is 53.7 Å². The Morgan fingerprint density at radius 3 is 2.52 bits per heavy atom. The third kappa shape index (κ3) is 5.49. The van der Waals surface area contributed by atoms with Crippen molar-refractivity contribution in [2.75, 3.05) is 11.1 Å². The number of halogens is 4. The van der Waals surface area contributed by atoms with Crippen LogP contribution in [0.2, 0.25) is 5.02 Å². The number of para-hydroxylation sites is 2. The highest BCUT2D eigenvalue weighted by atomic mass is 35.6. The van der Waals surface area contributed by atoms with E-state index in [0.29, 0.717) is 33.3 Å². The monoisotopic (exact) mass is 490 g/mol. The summed E-state index contributed by atoms with van der Waals surface area (Å²) in [4.78, 5) is 28.0. The average molecular weight is 492 g/mol. The fourth-order valence-electron chi connectivity index (χ4n) is 2.61. The van der Waals surface area contributed by atoms with Crippen LogP contribution in [-0.4, -0.2) is 31.4 Å². The second-order valence-electron chi connectivity index (χ2n) is 5.83. The van der Waals surface area contributed by atoms with Gasteiger partial charge in [0, 0.05) is 10.7 Å². The molecule has 0 bridgehead atoms. The number of amides is 2. The molecule has 0 radical (unpaired) electrons. The number of carbonyl (C=O) groups is 2. The first-order valence-electron chi connectivity index (χ1n) is 8.21. The molecule has 29 heavy (non-hydrogen) atoms. The first kappa shape index (κ1) is 22.1. The Labute approximate surface area is 190 Å². The van der Waals surface area contributed by atoms with Crippen LogP contribution >= 0.6 is 58.2 Å². The van der Waals surface area contributed by atoms with Crippen molar-refractivity contribution in [3.63, 3.8) is 0 Å². The van der Waals surface area contributed by atoms with E-state index in [4.69, 9.17) is 46.4 Å². The van der Waals surface area contributed by atoms with Crippen molar-refractivity contribution in [2.45, 2.75) is 15.1 Å². The Morgan fingerprint density at radius 2 is 1.86 bits per heavy atom. The van der Waals surface area contributed by atoms with Crippen LogP contribution in [0.5, 0.6) is 0 Å². The van der Waals surface area contributed by atoms with Gasteiger partial charge < -0.3 is 10.6 Å². The van der Waals surface area contributed by atoms with E-state index in [1.54, 1.807) is 47.0 Å². The molecule has 1 aromatic heterocycles. The topological polar surface area (TPSA) is 76.0 Å². The molecule has 2 amide bonds. The summed E-state index contributed by atoms with van der Waals surface area (Å²) in [6, 6.07) is 14.0. The molecule has 0 saturated carbocycles. The van der Waals surface area contributed by atoms with E-state index in [0.717, 1.165) is 11.8 Å². The van der Waals surface area contributed by atoms with Gasteiger partial charge in [-0.3, -0.25) is 14.2 Å². The summed E-state index contributed by atoms with van der Waals surface area (Å²) in [6.07, 6.45) is -0.567. The molecule has 0 aliphatic heterocycles. The van der Waals surface area contributed by atoms with E-state index >= 15 is 0 Å². The maximum atomic E-state index is 12.3. The standard InChI is InChI=1S/C18H14Cl4N4O2S/c19-11-5-7-12(8-6-11)24-15(28)9-29-17-25-13-3-1-2-4-14(13)26(17)16(23-10-27)18(20,21)22/h1-8,10,16H,9H2,(H,23,27)(H,24,28)/t16-/m0/s1. The van der Waals surface area contributed by atoms with Gasteiger partial charge in [0.2, 0.25) is 16.1 Å². The summed E-state index contributed by atoms with van der Waals surface area (Å²) < 4.78 is -0.248. The number of anilines is 1. The fraction of sp³-hybridized carbons (Fsp3) is 0.167. The number of benzene rings is 2. The van der Waals surface area contributed by atoms with Gasteiger partial charge in [-0.05, 0) is 36.4 Å². The van der Waals surface area contributed by atoms with E-state index in [2.05, 4.69) is 15.6 Å². The highest BCUT2D eigenvalue weighted by molar-refractivity contribution is 7.99. The van der Waals surface area contributed by atoms with E-state index in [-0.39, 0.29) is 11.7 Å². The van der Waals surface area contributed by atoms with Crippen LogP contribution in [0.25, 0.3) is 11.0 Å². The van der Waals surface area contributed by atoms with Gasteiger partial charge in [-0.1, -0.05) is 70.3 Å². The molecular formula is C18H14Cl4N4O2S. The SMILES string of the molecule is O=CN[C@@H](n1c(SCC(=O)Nc2ccc(Cl)cc2)nc2ccccc21)C(Cl)(Cl)Cl. The zero-order valence-electron chi connectivity index (χ0n) is 14.6. The van der Waals surface area contributed by atoms with Crippen LogP contribution in [0.3, 0.4) is 0 Å². The summed E-state index contributed by atoms with van der Waals surface area (Å²) >= 11 is 25.3. The third-order valence-electron chi connectivity index (χ3n) is 3.82. The smallest absolute Gasteiger partial charge is 0.234 e. The van der Waals surface area contributed by atoms with Crippen LogP contribution in [0, 0.1) is 0 Å². The Bertz CT molecular complexity index is 1020. The molecule has 0 fully saturated rings. The van der Waals surface area contributed by atoms with E-state index < -0.39 is 9.96 Å². The van der Waals surface area contributed by atoms with Crippen molar-refractivity contribution in [1.29, 1.82) is 0 Å². The van der Waals surface area contributed by atoms with Gasteiger partial charge >= 0.3 is 0 Å². The number of nitrogens with one attached hydrogen (secondary N) is 2. The van der Waals surface area contributed by atoms with Crippen molar-refractivity contribution in [2.24, 2.45) is 0 Å². The fourth-order valence-corrected chi connectivity index (χ4v) is 4.06. The molecule has 152 valence electrons. The van der Waals surface area contributed by atoms with Crippen LogP contribution < -0.4 is 10.6 Å². The molecule has 11 heteroatoms. The van der Waals surface area contributed by atoms with Gasteiger partial charge in [0.1, 0.15) is 0 Å². The predicted octanol–water partition coefficient (Wildman–Crippen LogP) is 5.04. The number of hydrogen-bond donors (Lipinski definition) is 2. The summed E-state index contributed by atoms with van der Waals surface area (Å²) in [7, 11) is 0. The lowest BCUT2D eigenvalue weighted by molar-refractivity contribution is -0.114. The molecule has 0 saturated heterocycles. The lowest BCUT2D eigenvalue weighted by atomic mass is 10.3. The molecule has 3 aromatic rings. The van der Waals surface area contributed by atoms with Crippen molar-refractivity contribution in [1.82, 2.24) is 14.9 Å². The highest BCUT2D eigenvalue weighted by Crippen LogP contribution is 2.40. The van der Waals surface area contributed by atoms with Gasteiger partial charge in [0.05, 0.1) is 16.8 Å². The number of thioether (sulfide) groups is 1. The molecule has 0 aliphatic rings. The summed E-state index contributed by atoms with van der Waals surface area (Å²) in [5.41, 5.74) is 1.91. The Morgan fingerprint density at radius 1 is 1.17 bits per heavy atom. The molecular weight excluding hydrogens is 478 g/mol. The minimum atomic E-state index is -1.84. The highest BCUT2D eigenvalue weighted by Gasteiger charge is 2.36. The average Bonchev–Trinajstić information content (AvgIpc) is 3.03. The van der Waals surface area contributed by atoms with Gasteiger partial charge in [0.25, 0.3) is 0 Å². The number of alkyl halides is 3. The second kappa shape index (κ2) is 9.45. The molecule has 1 heterocycles. The molecule has 0 unspecified atom stereocenters. The van der Waals surface area contributed by atoms with Crippen LogP contribution in [-0.2, 0) is 9.59 Å². The summed E-state index contributed by atoms with van der Waals surface area (Å²) in [6.45, 7) is 0. The molecule has 1 atom stereocenters. The first-order chi connectivity index (χ1) is 13.8. The number of rotatable bonds is 7. The Balaban J connectivity index is 1.85. The number of nitrogens with zero attached hydrogens (tertiary/aromatic N) is 2. The van der Waals surface area contributed by atoms with Gasteiger partial charge in [-0.15, -0.1) is 0 Å². The minimum absolute atomic E-state index is 0.0552. The number of hydrogen-bond acceptors (Lipinski definition) is 4. The van der Waals surface area contributed by atoms with Crippen molar-refractivity contribution >= 4 is 87.2 Å². The predicted molar refractivity (Wildman–Crippen MR) is 119 cm³/mol. The quantitative estimate of drug-likeness (QED) is 0.276. The number of carbonyl (C=O) groups excluding carboxylic acids is 2. The van der Waals surface area contributed by atoms with Crippen molar-refractivity contribution in [3.8, 4) is 0 Å².